The Balaban J connectivity index is 2.05. The minimum Gasteiger partial charge on any atom is -0.476 e. The van der Waals surface area contributed by atoms with E-state index >= 15 is 0 Å². The number of carbonyl (C=O) groups is 1. The third-order valence-electron chi connectivity index (χ3n) is 2.35. The van der Waals surface area contributed by atoms with Crippen molar-refractivity contribution in [2.45, 2.75) is 26.3 Å². The number of hydrogen-bond acceptors (Lipinski definition) is 6. The molecular weight excluding hydrogens is 270 g/mol. The van der Waals surface area contributed by atoms with Crippen LogP contribution in [-0.2, 0) is 6.42 Å². The van der Waals surface area contributed by atoms with Crippen molar-refractivity contribution < 1.29 is 9.90 Å². The molecule has 18 heavy (non-hydrogen) atoms. The smallest absolute Gasteiger partial charge is 0.355 e. The Kier molecular flexibility index (Phi) is 3.93. The summed E-state index contributed by atoms with van der Waals surface area (Å²) >= 11 is 2.95. The number of nitrogens with zero attached hydrogens (tertiary/aromatic N) is 2. The Hall–Kier alpha value is -1.47. The second kappa shape index (κ2) is 5.45. The summed E-state index contributed by atoms with van der Waals surface area (Å²) in [6, 6.07) is 0.0306. The molecule has 2 rings (SSSR count). The van der Waals surface area contributed by atoms with E-state index in [0.717, 1.165) is 11.4 Å². The van der Waals surface area contributed by atoms with Gasteiger partial charge in [-0.15, -0.1) is 22.7 Å². The maximum absolute atomic E-state index is 10.7. The van der Waals surface area contributed by atoms with Crippen LogP contribution in [0.4, 0.5) is 5.13 Å². The molecular formula is C11H13N3O2S2. The van der Waals surface area contributed by atoms with Crippen LogP contribution in [0.15, 0.2) is 11.6 Å². The Morgan fingerprint density at radius 3 is 2.94 bits per heavy atom. The molecule has 2 heterocycles. The van der Waals surface area contributed by atoms with Crippen molar-refractivity contribution in [2.24, 2.45) is 0 Å². The van der Waals surface area contributed by atoms with Crippen LogP contribution in [0.25, 0.3) is 0 Å². The molecule has 0 aliphatic rings. The highest BCUT2D eigenvalue weighted by Gasteiger charge is 2.13. The number of hydrogen-bond donors (Lipinski definition) is 2. The van der Waals surface area contributed by atoms with Gasteiger partial charge in [-0.05, 0) is 13.3 Å². The molecule has 0 saturated heterocycles. The summed E-state index contributed by atoms with van der Waals surface area (Å²) in [5.74, 6) is -1.01. The molecule has 7 heteroatoms. The minimum atomic E-state index is -1.01. The summed E-state index contributed by atoms with van der Waals surface area (Å²) in [7, 11) is 0. The fourth-order valence-corrected chi connectivity index (χ4v) is 3.00. The average molecular weight is 283 g/mol. The number of anilines is 1. The summed E-state index contributed by atoms with van der Waals surface area (Å²) in [6.45, 7) is 4.08. The zero-order valence-corrected chi connectivity index (χ0v) is 11.6. The van der Waals surface area contributed by atoms with E-state index in [1.54, 1.807) is 11.3 Å². The second-order valence-corrected chi connectivity index (χ2v) is 5.73. The highest BCUT2D eigenvalue weighted by Crippen LogP contribution is 2.25. The zero-order chi connectivity index (χ0) is 13.1. The zero-order valence-electron chi connectivity index (χ0n) is 10.0. The first kappa shape index (κ1) is 13.0. The molecule has 0 radical (unpaired) electrons. The van der Waals surface area contributed by atoms with Gasteiger partial charge in [0, 0.05) is 16.5 Å². The van der Waals surface area contributed by atoms with E-state index in [2.05, 4.69) is 22.2 Å². The van der Waals surface area contributed by atoms with Gasteiger partial charge in [-0.25, -0.2) is 14.8 Å². The van der Waals surface area contributed by atoms with Gasteiger partial charge in [0.2, 0.25) is 0 Å². The van der Waals surface area contributed by atoms with Gasteiger partial charge in [-0.2, -0.15) is 0 Å². The average Bonchev–Trinajstić information content (AvgIpc) is 2.96. The predicted molar refractivity (Wildman–Crippen MR) is 72.6 cm³/mol. The lowest BCUT2D eigenvalue weighted by Gasteiger charge is -2.08. The van der Waals surface area contributed by atoms with Gasteiger partial charge in [0.25, 0.3) is 0 Å². The maximum Gasteiger partial charge on any atom is 0.355 e. The van der Waals surface area contributed by atoms with Crippen molar-refractivity contribution in [1.29, 1.82) is 0 Å². The Labute approximate surface area is 113 Å². The number of aromatic carboxylic acids is 1. The molecule has 0 bridgehead atoms. The Morgan fingerprint density at radius 1 is 1.61 bits per heavy atom. The van der Waals surface area contributed by atoms with Gasteiger partial charge in [-0.3, -0.25) is 0 Å². The van der Waals surface area contributed by atoms with E-state index < -0.39 is 5.97 Å². The molecule has 2 aromatic rings. The van der Waals surface area contributed by atoms with Gasteiger partial charge in [0.05, 0.1) is 6.04 Å². The number of carboxylic acid groups (broad SMARTS) is 1. The van der Waals surface area contributed by atoms with Crippen LogP contribution in [0.1, 0.15) is 40.3 Å². The quantitative estimate of drug-likeness (QED) is 0.882. The molecule has 0 spiro atoms. The predicted octanol–water partition coefficient (Wildman–Crippen LogP) is 3.03. The van der Waals surface area contributed by atoms with Gasteiger partial charge < -0.3 is 10.4 Å². The molecule has 0 aliphatic heterocycles. The largest absolute Gasteiger partial charge is 0.476 e. The molecule has 0 aliphatic carbocycles. The van der Waals surface area contributed by atoms with E-state index in [-0.39, 0.29) is 11.7 Å². The third-order valence-corrected chi connectivity index (χ3v) is 4.45. The van der Waals surface area contributed by atoms with Crippen LogP contribution < -0.4 is 5.32 Å². The standard InChI is InChI=1S/C11H13N3O2S2/c1-3-7-4-12-9(18-7)6(2)13-11-14-8(5-17-11)10(15)16/h4-6H,3H2,1-2H3,(H,13,14)(H,15,16). The molecule has 1 atom stereocenters. The molecule has 96 valence electrons. The molecule has 0 aromatic carbocycles. The number of aromatic nitrogens is 2. The van der Waals surface area contributed by atoms with E-state index in [0.29, 0.717) is 5.13 Å². The summed E-state index contributed by atoms with van der Waals surface area (Å²) in [5, 5.41) is 15.1. The molecule has 1 unspecified atom stereocenters. The van der Waals surface area contributed by atoms with Crippen LogP contribution in [0.5, 0.6) is 0 Å². The van der Waals surface area contributed by atoms with Crippen molar-refractivity contribution in [1.82, 2.24) is 9.97 Å². The van der Waals surface area contributed by atoms with Crippen molar-refractivity contribution in [3.8, 4) is 0 Å². The SMILES string of the molecule is CCc1cnc(C(C)Nc2nc(C(=O)O)cs2)s1. The fraction of sp³-hybridized carbons (Fsp3) is 0.364. The van der Waals surface area contributed by atoms with Crippen LogP contribution in [0.2, 0.25) is 0 Å². The van der Waals surface area contributed by atoms with Crippen LogP contribution in [0.3, 0.4) is 0 Å². The first-order valence-electron chi connectivity index (χ1n) is 5.50. The third kappa shape index (κ3) is 2.85. The van der Waals surface area contributed by atoms with Crippen LogP contribution in [0, 0.1) is 0 Å². The van der Waals surface area contributed by atoms with Crippen molar-refractivity contribution in [2.75, 3.05) is 5.32 Å². The second-order valence-electron chi connectivity index (χ2n) is 3.73. The summed E-state index contributed by atoms with van der Waals surface area (Å²) < 4.78 is 0. The topological polar surface area (TPSA) is 75.1 Å². The maximum atomic E-state index is 10.7. The summed E-state index contributed by atoms with van der Waals surface area (Å²) in [6.07, 6.45) is 2.85. The normalized spacial score (nSPS) is 12.3. The Morgan fingerprint density at radius 2 is 2.39 bits per heavy atom. The highest BCUT2D eigenvalue weighted by molar-refractivity contribution is 7.14. The van der Waals surface area contributed by atoms with E-state index in [1.807, 2.05) is 13.1 Å². The first-order valence-corrected chi connectivity index (χ1v) is 7.19. The highest BCUT2D eigenvalue weighted by atomic mass is 32.1. The van der Waals surface area contributed by atoms with E-state index in [9.17, 15) is 4.79 Å². The fourth-order valence-electron chi connectivity index (χ4n) is 1.37. The number of rotatable bonds is 5. The monoisotopic (exact) mass is 283 g/mol. The Bertz CT molecular complexity index is 550. The first-order chi connectivity index (χ1) is 8.60. The number of aryl methyl sites for hydroxylation is 1. The van der Waals surface area contributed by atoms with Crippen LogP contribution in [-0.4, -0.2) is 21.0 Å². The van der Waals surface area contributed by atoms with E-state index in [1.165, 1.54) is 21.6 Å². The summed E-state index contributed by atoms with van der Waals surface area (Å²) in [4.78, 5) is 20.3. The van der Waals surface area contributed by atoms with Gasteiger partial charge in [0.15, 0.2) is 10.8 Å². The summed E-state index contributed by atoms with van der Waals surface area (Å²) in [5.41, 5.74) is 0.0723. The minimum absolute atomic E-state index is 0.0306. The lowest BCUT2D eigenvalue weighted by molar-refractivity contribution is 0.0691. The number of nitrogens with one attached hydrogen (secondary N) is 1. The van der Waals surface area contributed by atoms with Crippen molar-refractivity contribution >= 4 is 33.8 Å². The van der Waals surface area contributed by atoms with E-state index in [4.69, 9.17) is 5.11 Å². The molecule has 2 aromatic heterocycles. The van der Waals surface area contributed by atoms with Crippen LogP contribution >= 0.6 is 22.7 Å². The van der Waals surface area contributed by atoms with Gasteiger partial charge >= 0.3 is 5.97 Å². The van der Waals surface area contributed by atoms with Crippen molar-refractivity contribution in [3.05, 3.63) is 27.2 Å². The number of carboxylic acids is 1. The molecule has 0 fully saturated rings. The molecule has 2 N–H and O–H groups in total. The lowest BCUT2D eigenvalue weighted by atomic mass is 10.4. The molecule has 5 nitrogen and oxygen atoms in total. The molecule has 0 saturated carbocycles. The lowest BCUT2D eigenvalue weighted by Crippen LogP contribution is -2.06. The number of thiazole rings is 2. The van der Waals surface area contributed by atoms with Gasteiger partial charge in [0.1, 0.15) is 5.01 Å². The van der Waals surface area contributed by atoms with Crippen molar-refractivity contribution in [3.63, 3.8) is 0 Å². The van der Waals surface area contributed by atoms with Gasteiger partial charge in [-0.1, -0.05) is 6.92 Å². The molecule has 0 amide bonds.